The number of ether oxygens (including phenoxy) is 1. The summed E-state index contributed by atoms with van der Waals surface area (Å²) in [6.07, 6.45) is 5.75. The SMILES string of the molecule is CC(C)c1ccnc(-n2c3[c-]c(Oc4[c-]c(-n5[c-][n+](-c6c(-c7ccccc7)cccc6-c6cc(C(C)(C)C)cc(C(C)(C)C)c6)c6ccccc65)ccc4)ccc3c3cc(-c4ccccc4)ccc32)c1.[Pt]. The monoisotopic (exact) mass is 1100 g/mol. The summed E-state index contributed by atoms with van der Waals surface area (Å²) in [5.41, 5.74) is 16.5. The molecule has 6 heteroatoms. The molecule has 0 unspecified atom stereocenters. The molecular formula is C65H56N4OPt-2. The number of hydrogen-bond donors (Lipinski definition) is 0. The molecule has 0 amide bonds. The Morgan fingerprint density at radius 1 is 0.535 bits per heavy atom. The van der Waals surface area contributed by atoms with Gasteiger partial charge in [0, 0.05) is 44.3 Å². The average molecular weight is 1100 g/mol. The molecule has 0 saturated carbocycles. The largest absolute Gasteiger partial charge is 0.510 e. The van der Waals surface area contributed by atoms with Crippen LogP contribution in [0.3, 0.4) is 0 Å². The smallest absolute Gasteiger partial charge is 0.268 e. The van der Waals surface area contributed by atoms with Crippen LogP contribution in [-0.2, 0) is 31.9 Å². The molecule has 0 aliphatic carbocycles. The van der Waals surface area contributed by atoms with Crippen LogP contribution in [0.1, 0.15) is 78.0 Å². The van der Waals surface area contributed by atoms with Crippen molar-refractivity contribution in [2.45, 2.75) is 72.1 Å². The summed E-state index contributed by atoms with van der Waals surface area (Å²) in [6, 6.07) is 72.0. The van der Waals surface area contributed by atoms with Crippen molar-refractivity contribution >= 4 is 32.8 Å². The second-order valence-electron chi connectivity index (χ2n) is 20.7. The summed E-state index contributed by atoms with van der Waals surface area (Å²) in [6.45, 7) is 18.2. The zero-order valence-electron chi connectivity index (χ0n) is 41.5. The molecule has 0 N–H and O–H groups in total. The van der Waals surface area contributed by atoms with Crippen LogP contribution in [0.5, 0.6) is 11.5 Å². The predicted octanol–water partition coefficient (Wildman–Crippen LogP) is 16.3. The summed E-state index contributed by atoms with van der Waals surface area (Å²) in [5, 5.41) is 2.20. The molecule has 8 aromatic carbocycles. The second kappa shape index (κ2) is 18.8. The van der Waals surface area contributed by atoms with E-state index in [4.69, 9.17) is 9.72 Å². The van der Waals surface area contributed by atoms with Crippen LogP contribution in [0.4, 0.5) is 0 Å². The molecule has 354 valence electrons. The number of fused-ring (bicyclic) bond motifs is 4. The Morgan fingerprint density at radius 2 is 1.18 bits per heavy atom. The minimum atomic E-state index is -0.0451. The summed E-state index contributed by atoms with van der Waals surface area (Å²) >= 11 is 0. The van der Waals surface area contributed by atoms with Crippen molar-refractivity contribution in [1.82, 2.24) is 14.1 Å². The zero-order chi connectivity index (χ0) is 48.3. The molecular weight excluding hydrogens is 1050 g/mol. The van der Waals surface area contributed by atoms with Gasteiger partial charge in [-0.2, -0.15) is 18.2 Å². The summed E-state index contributed by atoms with van der Waals surface area (Å²) in [7, 11) is 0. The third-order valence-electron chi connectivity index (χ3n) is 13.5. The predicted molar refractivity (Wildman–Crippen MR) is 288 cm³/mol. The molecule has 0 bridgehead atoms. The van der Waals surface area contributed by atoms with E-state index >= 15 is 0 Å². The zero-order valence-corrected chi connectivity index (χ0v) is 43.8. The standard InChI is InChI=1S/C65H56N4O.Pt/c1-43(2)46-33-34-66-62(38-46)69-58-32-29-47(44-19-11-9-12-20-44)37-57(58)56-31-30-53(41-61(56)69)70-52-24-17-23-51(40-52)67-42-68(60-28-16-15-27-59(60)67)63-54(45-21-13-10-14-22-45)25-18-26-55(63)48-35-49(64(3,4)5)39-50(36-48)65(6,7)8;/h9-39,43H,1-8H3;/q-2;. The van der Waals surface area contributed by atoms with Gasteiger partial charge in [0.1, 0.15) is 5.82 Å². The quantitative estimate of drug-likeness (QED) is 0.107. The van der Waals surface area contributed by atoms with E-state index in [2.05, 4.69) is 251 Å². The van der Waals surface area contributed by atoms with E-state index in [-0.39, 0.29) is 31.9 Å². The number of rotatable bonds is 9. The Labute approximate surface area is 432 Å². The third kappa shape index (κ3) is 9.05. The van der Waals surface area contributed by atoms with E-state index in [1.165, 1.54) is 27.8 Å². The molecule has 0 spiro atoms. The van der Waals surface area contributed by atoms with Crippen molar-refractivity contribution in [1.29, 1.82) is 0 Å². The molecule has 11 aromatic rings. The fourth-order valence-corrected chi connectivity index (χ4v) is 9.61. The molecule has 5 nitrogen and oxygen atoms in total. The number of hydrogen-bond acceptors (Lipinski definition) is 2. The van der Waals surface area contributed by atoms with Gasteiger partial charge in [-0.3, -0.25) is 4.57 Å². The molecule has 0 aliphatic rings. The summed E-state index contributed by atoms with van der Waals surface area (Å²) < 4.78 is 13.3. The van der Waals surface area contributed by atoms with Gasteiger partial charge in [-0.25, -0.2) is 4.98 Å². The number of para-hydroxylation sites is 3. The molecule has 71 heavy (non-hydrogen) atoms. The first-order chi connectivity index (χ1) is 33.8. The Balaban J connectivity index is 0.00000582. The molecule has 0 aliphatic heterocycles. The normalized spacial score (nSPS) is 12.0. The van der Waals surface area contributed by atoms with Crippen LogP contribution < -0.4 is 9.30 Å². The van der Waals surface area contributed by atoms with Gasteiger partial charge < -0.3 is 13.9 Å². The van der Waals surface area contributed by atoms with Crippen molar-refractivity contribution in [3.63, 3.8) is 0 Å². The van der Waals surface area contributed by atoms with Crippen LogP contribution in [0.2, 0.25) is 0 Å². The number of benzene rings is 8. The van der Waals surface area contributed by atoms with Crippen LogP contribution in [-0.4, -0.2) is 14.1 Å². The van der Waals surface area contributed by atoms with Crippen LogP contribution in [0.25, 0.3) is 83.4 Å². The Morgan fingerprint density at radius 3 is 1.89 bits per heavy atom. The minimum absolute atomic E-state index is 0. The molecule has 0 fully saturated rings. The Hall–Kier alpha value is -7.33. The van der Waals surface area contributed by atoms with Crippen molar-refractivity contribution in [2.24, 2.45) is 0 Å². The molecule has 0 radical (unpaired) electrons. The summed E-state index contributed by atoms with van der Waals surface area (Å²) in [4.78, 5) is 4.91. The first-order valence-corrected chi connectivity index (χ1v) is 24.3. The third-order valence-corrected chi connectivity index (χ3v) is 13.5. The van der Waals surface area contributed by atoms with Crippen LogP contribution in [0.15, 0.2) is 188 Å². The fraction of sp³-hybridized carbons (Fsp3) is 0.169. The van der Waals surface area contributed by atoms with E-state index in [1.54, 1.807) is 0 Å². The van der Waals surface area contributed by atoms with Crippen molar-refractivity contribution in [2.75, 3.05) is 0 Å². The van der Waals surface area contributed by atoms with Gasteiger partial charge in [0.2, 0.25) is 0 Å². The van der Waals surface area contributed by atoms with E-state index in [0.29, 0.717) is 17.4 Å². The topological polar surface area (TPSA) is 35.9 Å². The first kappa shape index (κ1) is 47.4. The second-order valence-corrected chi connectivity index (χ2v) is 20.7. The molecule has 0 saturated heterocycles. The van der Waals surface area contributed by atoms with Crippen LogP contribution >= 0.6 is 0 Å². The van der Waals surface area contributed by atoms with Gasteiger partial charge in [-0.1, -0.05) is 194 Å². The van der Waals surface area contributed by atoms with Gasteiger partial charge in [0.25, 0.3) is 6.33 Å². The van der Waals surface area contributed by atoms with E-state index in [9.17, 15) is 0 Å². The summed E-state index contributed by atoms with van der Waals surface area (Å²) in [5.74, 6) is 2.34. The van der Waals surface area contributed by atoms with Gasteiger partial charge in [0.15, 0.2) is 0 Å². The van der Waals surface area contributed by atoms with Crippen LogP contribution in [0, 0.1) is 18.5 Å². The van der Waals surface area contributed by atoms with Gasteiger partial charge in [-0.15, -0.1) is 29.7 Å². The van der Waals surface area contributed by atoms with Crippen molar-refractivity contribution in [3.05, 3.63) is 223 Å². The first-order valence-electron chi connectivity index (χ1n) is 24.3. The van der Waals surface area contributed by atoms with Crippen molar-refractivity contribution < 1.29 is 30.4 Å². The van der Waals surface area contributed by atoms with Gasteiger partial charge >= 0.3 is 0 Å². The van der Waals surface area contributed by atoms with Gasteiger partial charge in [0.05, 0.1) is 16.7 Å². The van der Waals surface area contributed by atoms with Crippen molar-refractivity contribution in [3.8, 4) is 62.1 Å². The number of nitrogens with zero attached hydrogens (tertiary/aromatic N) is 4. The molecule has 3 aromatic heterocycles. The molecule has 0 atom stereocenters. The average Bonchev–Trinajstić information content (AvgIpc) is 3.91. The minimum Gasteiger partial charge on any atom is -0.510 e. The Kier molecular flexibility index (Phi) is 12.5. The fourth-order valence-electron chi connectivity index (χ4n) is 9.61. The molecule has 11 rings (SSSR count). The number of pyridine rings is 1. The Bertz CT molecular complexity index is 3710. The molecule has 3 heterocycles. The van der Waals surface area contributed by atoms with E-state index in [0.717, 1.165) is 72.3 Å². The number of imidazole rings is 1. The maximum Gasteiger partial charge on any atom is 0.268 e. The maximum atomic E-state index is 6.75. The van der Waals surface area contributed by atoms with E-state index in [1.807, 2.05) is 24.4 Å². The van der Waals surface area contributed by atoms with E-state index < -0.39 is 0 Å². The maximum absolute atomic E-state index is 6.75. The van der Waals surface area contributed by atoms with Gasteiger partial charge in [-0.05, 0) is 96.1 Å². The number of aromatic nitrogens is 4.